The maximum Gasteiger partial charge on any atom is 0.275 e. The van der Waals surface area contributed by atoms with Crippen molar-refractivity contribution in [3.8, 4) is 6.07 Å². The molecule has 2 aromatic rings. The van der Waals surface area contributed by atoms with Gasteiger partial charge in [-0.3, -0.25) is 9.78 Å². The van der Waals surface area contributed by atoms with E-state index in [9.17, 15) is 4.79 Å². The number of carbonyl (C=O) groups is 1. The Morgan fingerprint density at radius 3 is 2.90 bits per heavy atom. The Morgan fingerprint density at radius 2 is 2.24 bits per heavy atom. The van der Waals surface area contributed by atoms with Gasteiger partial charge in [-0.2, -0.15) is 5.26 Å². The molecule has 106 valence electrons. The van der Waals surface area contributed by atoms with Crippen molar-refractivity contribution < 1.29 is 4.79 Å². The highest BCUT2D eigenvalue weighted by Gasteiger charge is 2.11. The van der Waals surface area contributed by atoms with Gasteiger partial charge < -0.3 is 10.6 Å². The molecule has 0 fully saturated rings. The summed E-state index contributed by atoms with van der Waals surface area (Å²) in [5.74, 6) is 0.178. The molecule has 0 atom stereocenters. The predicted octanol–water partition coefficient (Wildman–Crippen LogP) is 2.79. The monoisotopic (exact) mass is 345 g/mol. The fourth-order valence-electron chi connectivity index (χ4n) is 1.61. The standard InChI is InChI=1S/C14H12BrN5O/c1-2-18-13-8-17-7-12(19-13)14(21)20-11-4-3-9(6-16)5-10(11)15/h3-5,7-8H,2H2,1H3,(H,18,19)(H,20,21). The van der Waals surface area contributed by atoms with E-state index in [2.05, 4.69) is 36.5 Å². The summed E-state index contributed by atoms with van der Waals surface area (Å²) in [5.41, 5.74) is 1.29. The number of halogens is 1. The second kappa shape index (κ2) is 6.81. The lowest BCUT2D eigenvalue weighted by molar-refractivity contribution is 0.102. The van der Waals surface area contributed by atoms with Crippen molar-refractivity contribution in [2.24, 2.45) is 0 Å². The molecule has 0 saturated heterocycles. The van der Waals surface area contributed by atoms with Gasteiger partial charge in [-0.1, -0.05) is 0 Å². The first kappa shape index (κ1) is 14.9. The maximum absolute atomic E-state index is 12.2. The molecule has 1 aromatic carbocycles. The third-order valence-electron chi connectivity index (χ3n) is 2.57. The number of aromatic nitrogens is 2. The summed E-state index contributed by atoms with van der Waals surface area (Å²) in [6.45, 7) is 2.63. The van der Waals surface area contributed by atoms with Crippen LogP contribution in [0.25, 0.3) is 0 Å². The average molecular weight is 346 g/mol. The number of anilines is 2. The van der Waals surface area contributed by atoms with Gasteiger partial charge in [-0.15, -0.1) is 0 Å². The van der Waals surface area contributed by atoms with Crippen LogP contribution in [0.2, 0.25) is 0 Å². The SMILES string of the molecule is CCNc1cncc(C(=O)Nc2ccc(C#N)cc2Br)n1. The second-order valence-electron chi connectivity index (χ2n) is 4.08. The number of carbonyl (C=O) groups excluding carboxylic acids is 1. The zero-order chi connectivity index (χ0) is 15.2. The molecule has 0 aliphatic heterocycles. The molecule has 0 aliphatic carbocycles. The average Bonchev–Trinajstić information content (AvgIpc) is 2.50. The quantitative estimate of drug-likeness (QED) is 0.888. The smallest absolute Gasteiger partial charge is 0.275 e. The molecule has 21 heavy (non-hydrogen) atoms. The maximum atomic E-state index is 12.2. The molecule has 7 heteroatoms. The largest absolute Gasteiger partial charge is 0.369 e. The van der Waals surface area contributed by atoms with Crippen LogP contribution in [-0.4, -0.2) is 22.4 Å². The first-order valence-electron chi connectivity index (χ1n) is 6.21. The Hall–Kier alpha value is -2.46. The van der Waals surface area contributed by atoms with Gasteiger partial charge in [-0.05, 0) is 41.1 Å². The number of benzene rings is 1. The van der Waals surface area contributed by atoms with Crippen LogP contribution < -0.4 is 10.6 Å². The molecular weight excluding hydrogens is 334 g/mol. The number of nitrogens with one attached hydrogen (secondary N) is 2. The van der Waals surface area contributed by atoms with E-state index >= 15 is 0 Å². The third-order valence-corrected chi connectivity index (χ3v) is 3.23. The highest BCUT2D eigenvalue weighted by Crippen LogP contribution is 2.23. The van der Waals surface area contributed by atoms with Crippen molar-refractivity contribution in [2.75, 3.05) is 17.2 Å². The molecule has 2 rings (SSSR count). The normalized spacial score (nSPS) is 9.76. The molecule has 1 heterocycles. The minimum Gasteiger partial charge on any atom is -0.369 e. The van der Waals surface area contributed by atoms with Crippen LogP contribution >= 0.6 is 15.9 Å². The molecule has 6 nitrogen and oxygen atoms in total. The summed E-state index contributed by atoms with van der Waals surface area (Å²) in [4.78, 5) is 20.3. The molecule has 0 bridgehead atoms. The lowest BCUT2D eigenvalue weighted by atomic mass is 10.2. The Balaban J connectivity index is 2.18. The van der Waals surface area contributed by atoms with Gasteiger partial charge in [0.05, 0.1) is 29.7 Å². The van der Waals surface area contributed by atoms with E-state index in [4.69, 9.17) is 5.26 Å². The van der Waals surface area contributed by atoms with Crippen molar-refractivity contribution >= 4 is 33.3 Å². The first-order chi connectivity index (χ1) is 10.1. The minimum absolute atomic E-state index is 0.213. The van der Waals surface area contributed by atoms with Crippen LogP contribution in [-0.2, 0) is 0 Å². The highest BCUT2D eigenvalue weighted by atomic mass is 79.9. The summed E-state index contributed by atoms with van der Waals surface area (Å²) >= 11 is 3.31. The van der Waals surface area contributed by atoms with Crippen LogP contribution in [0.15, 0.2) is 35.1 Å². The highest BCUT2D eigenvalue weighted by molar-refractivity contribution is 9.10. The van der Waals surface area contributed by atoms with Gasteiger partial charge >= 0.3 is 0 Å². The van der Waals surface area contributed by atoms with Gasteiger partial charge in [0.15, 0.2) is 0 Å². The zero-order valence-electron chi connectivity index (χ0n) is 11.2. The van der Waals surface area contributed by atoms with Crippen molar-refractivity contribution in [3.05, 3.63) is 46.3 Å². The van der Waals surface area contributed by atoms with Crippen molar-refractivity contribution in [1.82, 2.24) is 9.97 Å². The molecule has 0 unspecified atom stereocenters. The minimum atomic E-state index is -0.368. The Morgan fingerprint density at radius 1 is 1.43 bits per heavy atom. The first-order valence-corrected chi connectivity index (χ1v) is 7.00. The molecule has 0 saturated carbocycles. The van der Waals surface area contributed by atoms with Gasteiger partial charge in [0.2, 0.25) is 0 Å². The van der Waals surface area contributed by atoms with E-state index in [-0.39, 0.29) is 11.6 Å². The summed E-state index contributed by atoms with van der Waals surface area (Å²) in [6, 6.07) is 6.94. The van der Waals surface area contributed by atoms with Crippen LogP contribution in [0.1, 0.15) is 23.0 Å². The van der Waals surface area contributed by atoms with E-state index in [1.807, 2.05) is 13.0 Å². The molecule has 2 N–H and O–H groups in total. The molecule has 1 aromatic heterocycles. The molecule has 0 spiro atoms. The number of nitrogens with zero attached hydrogens (tertiary/aromatic N) is 3. The fourth-order valence-corrected chi connectivity index (χ4v) is 2.09. The second-order valence-corrected chi connectivity index (χ2v) is 4.93. The van der Waals surface area contributed by atoms with Crippen molar-refractivity contribution in [3.63, 3.8) is 0 Å². The Kier molecular flexibility index (Phi) is 4.85. The van der Waals surface area contributed by atoms with Gasteiger partial charge in [0, 0.05) is 11.0 Å². The third kappa shape index (κ3) is 3.77. The molecular formula is C14H12BrN5O. The van der Waals surface area contributed by atoms with E-state index < -0.39 is 0 Å². The summed E-state index contributed by atoms with van der Waals surface area (Å²) < 4.78 is 0.630. The lowest BCUT2D eigenvalue weighted by Crippen LogP contribution is -2.15. The number of hydrogen-bond donors (Lipinski definition) is 2. The van der Waals surface area contributed by atoms with E-state index in [1.54, 1.807) is 24.4 Å². The number of nitriles is 1. The number of amides is 1. The van der Waals surface area contributed by atoms with E-state index in [0.29, 0.717) is 28.1 Å². The van der Waals surface area contributed by atoms with Gasteiger partial charge in [-0.25, -0.2) is 4.98 Å². The predicted molar refractivity (Wildman–Crippen MR) is 83.0 cm³/mol. The Bertz CT molecular complexity index is 711. The van der Waals surface area contributed by atoms with Crippen LogP contribution in [0.3, 0.4) is 0 Å². The van der Waals surface area contributed by atoms with E-state index in [0.717, 1.165) is 0 Å². The number of rotatable bonds is 4. The number of hydrogen-bond acceptors (Lipinski definition) is 5. The van der Waals surface area contributed by atoms with Crippen LogP contribution in [0.4, 0.5) is 11.5 Å². The van der Waals surface area contributed by atoms with Crippen molar-refractivity contribution in [2.45, 2.75) is 6.92 Å². The lowest BCUT2D eigenvalue weighted by Gasteiger charge is -2.08. The summed E-state index contributed by atoms with van der Waals surface area (Å²) in [5, 5.41) is 14.5. The molecule has 0 radical (unpaired) electrons. The Labute approximate surface area is 130 Å². The van der Waals surface area contributed by atoms with Crippen molar-refractivity contribution in [1.29, 1.82) is 5.26 Å². The topological polar surface area (TPSA) is 90.7 Å². The zero-order valence-corrected chi connectivity index (χ0v) is 12.8. The molecule has 1 amide bonds. The summed E-state index contributed by atoms with van der Waals surface area (Å²) in [6.07, 6.45) is 2.95. The van der Waals surface area contributed by atoms with E-state index in [1.165, 1.54) is 6.20 Å². The van der Waals surface area contributed by atoms with Crippen LogP contribution in [0.5, 0.6) is 0 Å². The van der Waals surface area contributed by atoms with Gasteiger partial charge in [0.1, 0.15) is 11.5 Å². The summed E-state index contributed by atoms with van der Waals surface area (Å²) in [7, 11) is 0. The van der Waals surface area contributed by atoms with Crippen LogP contribution in [0, 0.1) is 11.3 Å². The van der Waals surface area contributed by atoms with Gasteiger partial charge in [0.25, 0.3) is 5.91 Å². The fraction of sp³-hybridized carbons (Fsp3) is 0.143. The molecule has 0 aliphatic rings.